The fourth-order valence-corrected chi connectivity index (χ4v) is 4.69. The molecule has 1 atom stereocenters. The molecule has 1 aliphatic rings. The predicted octanol–water partition coefficient (Wildman–Crippen LogP) is 3.03. The molecule has 0 bridgehead atoms. The van der Waals surface area contributed by atoms with Gasteiger partial charge in [0, 0.05) is 36.5 Å². The number of sulfonamides is 1. The highest BCUT2D eigenvalue weighted by Crippen LogP contribution is 2.25. The van der Waals surface area contributed by atoms with Crippen LogP contribution in [-0.4, -0.2) is 42.9 Å². The van der Waals surface area contributed by atoms with Crippen LogP contribution in [0.4, 0.5) is 23.2 Å². The van der Waals surface area contributed by atoms with Crippen molar-refractivity contribution in [3.63, 3.8) is 0 Å². The van der Waals surface area contributed by atoms with Crippen molar-refractivity contribution in [2.75, 3.05) is 18.4 Å². The highest BCUT2D eigenvalue weighted by Gasteiger charge is 2.30. The van der Waals surface area contributed by atoms with Crippen LogP contribution in [0.1, 0.15) is 29.6 Å². The molecule has 0 unspecified atom stereocenters. The molecule has 1 amide bonds. The Morgan fingerprint density at radius 2 is 1.67 bits per heavy atom. The SMILES string of the molecule is O=C(Nc1cc(F)c(F)c(F)c1)c1ccc(F)c(S(=O)(=O)N2CCC[C@H](O)CC2)c1. The summed E-state index contributed by atoms with van der Waals surface area (Å²) in [7, 11) is -4.29. The summed E-state index contributed by atoms with van der Waals surface area (Å²) in [5, 5.41) is 11.8. The quantitative estimate of drug-likeness (QED) is 0.559. The van der Waals surface area contributed by atoms with Crippen LogP contribution in [0.5, 0.6) is 0 Å². The van der Waals surface area contributed by atoms with Gasteiger partial charge in [-0.3, -0.25) is 4.79 Å². The lowest BCUT2D eigenvalue weighted by Gasteiger charge is -2.20. The van der Waals surface area contributed by atoms with E-state index in [9.17, 15) is 35.9 Å². The summed E-state index contributed by atoms with van der Waals surface area (Å²) < 4.78 is 80.7. The number of aliphatic hydroxyl groups excluding tert-OH is 1. The third kappa shape index (κ3) is 4.63. The predicted molar refractivity (Wildman–Crippen MR) is 99.3 cm³/mol. The zero-order valence-electron chi connectivity index (χ0n) is 15.5. The Kier molecular flexibility index (Phi) is 6.44. The van der Waals surface area contributed by atoms with E-state index < -0.39 is 55.9 Å². The van der Waals surface area contributed by atoms with Gasteiger partial charge in [0.15, 0.2) is 17.5 Å². The van der Waals surface area contributed by atoms with Gasteiger partial charge in [0.1, 0.15) is 10.7 Å². The first-order valence-corrected chi connectivity index (χ1v) is 10.5. The average Bonchev–Trinajstić information content (AvgIpc) is 2.91. The number of aliphatic hydroxyl groups is 1. The van der Waals surface area contributed by atoms with Crippen molar-refractivity contribution in [3.8, 4) is 0 Å². The molecule has 2 N–H and O–H groups in total. The monoisotopic (exact) mass is 446 g/mol. The maximum Gasteiger partial charge on any atom is 0.255 e. The van der Waals surface area contributed by atoms with E-state index in [1.165, 1.54) is 0 Å². The van der Waals surface area contributed by atoms with Crippen molar-refractivity contribution in [1.82, 2.24) is 4.31 Å². The number of nitrogens with one attached hydrogen (secondary N) is 1. The zero-order valence-corrected chi connectivity index (χ0v) is 16.4. The Balaban J connectivity index is 1.88. The third-order valence-corrected chi connectivity index (χ3v) is 6.62. The summed E-state index contributed by atoms with van der Waals surface area (Å²) in [6.45, 7) is 0.0802. The van der Waals surface area contributed by atoms with E-state index in [0.717, 1.165) is 22.5 Å². The van der Waals surface area contributed by atoms with Gasteiger partial charge in [0.2, 0.25) is 10.0 Å². The molecule has 0 aliphatic carbocycles. The standard InChI is InChI=1S/C19H18F4N2O4S/c20-14-4-3-11(19(27)24-12-9-15(21)18(23)16(22)10-12)8-17(14)30(28,29)25-6-1-2-13(26)5-7-25/h3-4,8-10,13,26H,1-2,5-7H2,(H,24,27)/t13-/m0/s1. The summed E-state index contributed by atoms with van der Waals surface area (Å²) in [5.74, 6) is -6.78. The van der Waals surface area contributed by atoms with Crippen LogP contribution in [0.25, 0.3) is 0 Å². The molecule has 3 rings (SSSR count). The second-order valence-corrected chi connectivity index (χ2v) is 8.75. The summed E-state index contributed by atoms with van der Waals surface area (Å²) in [4.78, 5) is 11.6. The van der Waals surface area contributed by atoms with Crippen LogP contribution >= 0.6 is 0 Å². The van der Waals surface area contributed by atoms with Crippen molar-refractivity contribution in [3.05, 3.63) is 59.2 Å². The number of amides is 1. The molecule has 1 saturated heterocycles. The van der Waals surface area contributed by atoms with Gasteiger partial charge in [-0.15, -0.1) is 0 Å². The Morgan fingerprint density at radius 1 is 1.00 bits per heavy atom. The van der Waals surface area contributed by atoms with E-state index in [0.29, 0.717) is 25.0 Å². The molecule has 0 aromatic heterocycles. The fraction of sp³-hybridized carbons (Fsp3) is 0.316. The zero-order chi connectivity index (χ0) is 22.1. The highest BCUT2D eigenvalue weighted by atomic mass is 32.2. The number of anilines is 1. The Morgan fingerprint density at radius 3 is 2.33 bits per heavy atom. The molecule has 30 heavy (non-hydrogen) atoms. The molecule has 0 saturated carbocycles. The molecular weight excluding hydrogens is 428 g/mol. The Bertz CT molecular complexity index is 1060. The minimum Gasteiger partial charge on any atom is -0.393 e. The van der Waals surface area contributed by atoms with Crippen LogP contribution < -0.4 is 5.32 Å². The van der Waals surface area contributed by atoms with Crippen molar-refractivity contribution in [2.24, 2.45) is 0 Å². The molecule has 0 spiro atoms. The number of carbonyl (C=O) groups excluding carboxylic acids is 1. The smallest absolute Gasteiger partial charge is 0.255 e. The molecule has 1 aliphatic heterocycles. The van der Waals surface area contributed by atoms with Gasteiger partial charge >= 0.3 is 0 Å². The van der Waals surface area contributed by atoms with E-state index in [-0.39, 0.29) is 25.1 Å². The van der Waals surface area contributed by atoms with Crippen molar-refractivity contribution in [1.29, 1.82) is 0 Å². The number of rotatable bonds is 4. The molecule has 162 valence electrons. The van der Waals surface area contributed by atoms with E-state index in [1.54, 1.807) is 0 Å². The summed E-state index contributed by atoms with van der Waals surface area (Å²) in [6, 6.07) is 3.73. The number of nitrogens with zero attached hydrogens (tertiary/aromatic N) is 1. The van der Waals surface area contributed by atoms with Gasteiger partial charge in [0.25, 0.3) is 5.91 Å². The van der Waals surface area contributed by atoms with Crippen molar-refractivity contribution < 1.29 is 35.9 Å². The van der Waals surface area contributed by atoms with E-state index in [4.69, 9.17) is 0 Å². The van der Waals surface area contributed by atoms with Crippen molar-refractivity contribution >= 4 is 21.6 Å². The molecular formula is C19H18F4N2O4S. The Hall–Kier alpha value is -2.50. The van der Waals surface area contributed by atoms with Crippen LogP contribution in [0, 0.1) is 23.3 Å². The van der Waals surface area contributed by atoms with Crippen LogP contribution in [-0.2, 0) is 10.0 Å². The average molecular weight is 446 g/mol. The molecule has 0 radical (unpaired) electrons. The number of hydrogen-bond acceptors (Lipinski definition) is 4. The van der Waals surface area contributed by atoms with Crippen LogP contribution in [0.2, 0.25) is 0 Å². The molecule has 2 aromatic carbocycles. The number of hydrogen-bond donors (Lipinski definition) is 2. The maximum atomic E-state index is 14.3. The van der Waals surface area contributed by atoms with Crippen LogP contribution in [0.15, 0.2) is 35.2 Å². The van der Waals surface area contributed by atoms with E-state index in [1.807, 2.05) is 0 Å². The Labute approximate surface area is 170 Å². The minimum absolute atomic E-state index is 0.00645. The first-order valence-electron chi connectivity index (χ1n) is 9.03. The lowest BCUT2D eigenvalue weighted by atomic mass is 10.2. The maximum absolute atomic E-state index is 14.3. The van der Waals surface area contributed by atoms with E-state index >= 15 is 0 Å². The number of carbonyl (C=O) groups is 1. The topological polar surface area (TPSA) is 86.7 Å². The normalized spacial score (nSPS) is 18.1. The summed E-state index contributed by atoms with van der Waals surface area (Å²) >= 11 is 0. The third-order valence-electron chi connectivity index (χ3n) is 4.71. The summed E-state index contributed by atoms with van der Waals surface area (Å²) in [6.07, 6.45) is 0.359. The van der Waals surface area contributed by atoms with Gasteiger partial charge in [-0.1, -0.05) is 0 Å². The number of benzene rings is 2. The second kappa shape index (κ2) is 8.70. The molecule has 1 heterocycles. The molecule has 2 aromatic rings. The lowest BCUT2D eigenvalue weighted by Crippen LogP contribution is -2.33. The highest BCUT2D eigenvalue weighted by molar-refractivity contribution is 7.89. The molecule has 6 nitrogen and oxygen atoms in total. The second-order valence-electron chi connectivity index (χ2n) is 6.84. The number of halogens is 4. The fourth-order valence-electron chi connectivity index (χ4n) is 3.11. The lowest BCUT2D eigenvalue weighted by molar-refractivity contribution is 0.102. The van der Waals surface area contributed by atoms with Gasteiger partial charge in [-0.05, 0) is 37.5 Å². The van der Waals surface area contributed by atoms with Crippen LogP contribution in [0.3, 0.4) is 0 Å². The van der Waals surface area contributed by atoms with Gasteiger partial charge in [-0.2, -0.15) is 4.31 Å². The molecule has 11 heteroatoms. The largest absolute Gasteiger partial charge is 0.393 e. The van der Waals surface area contributed by atoms with Gasteiger partial charge in [0.05, 0.1) is 6.10 Å². The van der Waals surface area contributed by atoms with Gasteiger partial charge < -0.3 is 10.4 Å². The minimum atomic E-state index is -4.29. The molecule has 1 fully saturated rings. The van der Waals surface area contributed by atoms with Gasteiger partial charge in [-0.25, -0.2) is 26.0 Å². The first-order chi connectivity index (χ1) is 14.1. The van der Waals surface area contributed by atoms with E-state index in [2.05, 4.69) is 5.32 Å². The first kappa shape index (κ1) is 22.2. The summed E-state index contributed by atoms with van der Waals surface area (Å²) in [5.41, 5.74) is -0.679. The van der Waals surface area contributed by atoms with Crippen molar-refractivity contribution in [2.45, 2.75) is 30.3 Å².